The van der Waals surface area contributed by atoms with Crippen molar-refractivity contribution in [3.05, 3.63) is 76.2 Å². The third kappa shape index (κ3) is 2.65. The minimum absolute atomic E-state index is 0.0847. The van der Waals surface area contributed by atoms with Crippen LogP contribution >= 0.6 is 0 Å². The lowest BCUT2D eigenvalue weighted by atomic mass is 10.1. The maximum atomic E-state index is 12.3. The summed E-state index contributed by atoms with van der Waals surface area (Å²) >= 11 is 0. The van der Waals surface area contributed by atoms with Crippen LogP contribution in [0.15, 0.2) is 59.4 Å². The Morgan fingerprint density at radius 3 is 2.83 bits per heavy atom. The molecule has 120 valence electrons. The second-order valence-corrected chi connectivity index (χ2v) is 5.86. The van der Waals surface area contributed by atoms with Crippen LogP contribution in [0, 0.1) is 0 Å². The number of hydrogen-bond donors (Lipinski definition) is 2. The molecule has 0 saturated carbocycles. The van der Waals surface area contributed by atoms with Gasteiger partial charge in [0.25, 0.3) is 11.5 Å². The molecule has 0 radical (unpaired) electrons. The monoisotopic (exact) mass is 320 g/mol. The molecule has 2 N–H and O–H groups in total. The van der Waals surface area contributed by atoms with E-state index in [1.54, 1.807) is 18.2 Å². The Bertz CT molecular complexity index is 953. The molecule has 0 unspecified atom stereocenters. The number of carbonyl (C=O) groups excluding carboxylic acids is 1. The summed E-state index contributed by atoms with van der Waals surface area (Å²) in [7, 11) is 0. The zero-order valence-corrected chi connectivity index (χ0v) is 12.9. The first-order valence-corrected chi connectivity index (χ1v) is 7.85. The maximum Gasteiger partial charge on any atom is 0.267 e. The van der Waals surface area contributed by atoms with Crippen LogP contribution in [0.25, 0.3) is 10.8 Å². The number of hydrogen-bond acceptors (Lipinski definition) is 3. The summed E-state index contributed by atoms with van der Waals surface area (Å²) < 4.78 is 5.80. The fraction of sp³-hybridized carbons (Fsp3) is 0.158. The van der Waals surface area contributed by atoms with E-state index in [-0.39, 0.29) is 23.3 Å². The van der Waals surface area contributed by atoms with Gasteiger partial charge in [-0.25, -0.2) is 0 Å². The van der Waals surface area contributed by atoms with Crippen LogP contribution in [-0.4, -0.2) is 23.5 Å². The van der Waals surface area contributed by atoms with E-state index in [0.717, 1.165) is 23.1 Å². The van der Waals surface area contributed by atoms with Gasteiger partial charge in [0.05, 0.1) is 6.54 Å². The summed E-state index contributed by atoms with van der Waals surface area (Å²) in [5.74, 6) is 0.563. The second kappa shape index (κ2) is 5.85. The highest BCUT2D eigenvalue weighted by molar-refractivity contribution is 5.96. The molecule has 0 spiro atoms. The van der Waals surface area contributed by atoms with Crippen molar-refractivity contribution in [2.45, 2.75) is 12.5 Å². The molecule has 5 nitrogen and oxygen atoms in total. The standard InChI is InChI=1S/C19H16N2O3/c22-18-15-7-3-1-5-12(15)10-16(21-18)19(23)20-11-14-9-13-6-2-4-8-17(13)24-14/h1-8,10,14H,9,11H2,(H,20,23)(H,21,22)/t14-/m1/s1. The Hall–Kier alpha value is -3.08. The van der Waals surface area contributed by atoms with Gasteiger partial charge in [-0.3, -0.25) is 9.59 Å². The minimum Gasteiger partial charge on any atom is -0.488 e. The number of fused-ring (bicyclic) bond motifs is 2. The molecule has 3 aromatic rings. The molecule has 2 aromatic carbocycles. The van der Waals surface area contributed by atoms with Crippen molar-refractivity contribution < 1.29 is 9.53 Å². The fourth-order valence-corrected chi connectivity index (χ4v) is 3.00. The predicted molar refractivity (Wildman–Crippen MR) is 91.5 cm³/mol. The van der Waals surface area contributed by atoms with E-state index in [0.29, 0.717) is 11.9 Å². The quantitative estimate of drug-likeness (QED) is 0.777. The number of aromatic amines is 1. The van der Waals surface area contributed by atoms with Crippen LogP contribution in [0.5, 0.6) is 5.75 Å². The Balaban J connectivity index is 1.47. The molecule has 0 fully saturated rings. The first-order chi connectivity index (χ1) is 11.7. The number of pyridine rings is 1. The van der Waals surface area contributed by atoms with Crippen LogP contribution < -0.4 is 15.6 Å². The molecule has 1 amide bonds. The SMILES string of the molecule is O=C(NC[C@H]1Cc2ccccc2O1)c1cc2ccccc2c(=O)[nH]1. The molecule has 5 heteroatoms. The summed E-state index contributed by atoms with van der Waals surface area (Å²) in [6.07, 6.45) is 0.684. The van der Waals surface area contributed by atoms with Crippen molar-refractivity contribution in [2.75, 3.05) is 6.54 Å². The third-order valence-electron chi connectivity index (χ3n) is 4.20. The molecule has 1 aliphatic heterocycles. The molecule has 1 aliphatic rings. The number of amides is 1. The van der Waals surface area contributed by atoms with Crippen LogP contribution in [0.2, 0.25) is 0 Å². The maximum absolute atomic E-state index is 12.3. The number of carbonyl (C=O) groups is 1. The molecule has 24 heavy (non-hydrogen) atoms. The van der Waals surface area contributed by atoms with Crippen LogP contribution in [-0.2, 0) is 6.42 Å². The van der Waals surface area contributed by atoms with Crippen molar-refractivity contribution in [1.82, 2.24) is 10.3 Å². The van der Waals surface area contributed by atoms with Crippen molar-refractivity contribution in [3.8, 4) is 5.75 Å². The van der Waals surface area contributed by atoms with E-state index in [9.17, 15) is 9.59 Å². The normalized spacial score (nSPS) is 15.8. The number of aromatic nitrogens is 1. The van der Waals surface area contributed by atoms with Gasteiger partial charge >= 0.3 is 0 Å². The highest BCUT2D eigenvalue weighted by Gasteiger charge is 2.23. The van der Waals surface area contributed by atoms with E-state index in [2.05, 4.69) is 10.3 Å². The largest absolute Gasteiger partial charge is 0.488 e. The van der Waals surface area contributed by atoms with Crippen molar-refractivity contribution in [3.63, 3.8) is 0 Å². The number of nitrogens with one attached hydrogen (secondary N) is 2. The van der Waals surface area contributed by atoms with Crippen LogP contribution in [0.1, 0.15) is 16.1 Å². The van der Waals surface area contributed by atoms with E-state index in [1.807, 2.05) is 36.4 Å². The first-order valence-electron chi connectivity index (χ1n) is 7.85. The van der Waals surface area contributed by atoms with Gasteiger partial charge in [0.15, 0.2) is 0 Å². The number of benzene rings is 2. The molecule has 0 saturated heterocycles. The van der Waals surface area contributed by atoms with Gasteiger partial charge in [-0.2, -0.15) is 0 Å². The smallest absolute Gasteiger partial charge is 0.267 e. The molecule has 1 aromatic heterocycles. The Kier molecular flexibility index (Phi) is 3.54. The molecular formula is C19H16N2O3. The van der Waals surface area contributed by atoms with Crippen LogP contribution in [0.3, 0.4) is 0 Å². The van der Waals surface area contributed by atoms with Gasteiger partial charge in [-0.05, 0) is 29.1 Å². The average Bonchev–Trinajstić information content (AvgIpc) is 3.02. The predicted octanol–water partition coefficient (Wildman–Crippen LogP) is 2.26. The summed E-state index contributed by atoms with van der Waals surface area (Å²) in [5, 5.41) is 4.15. The van der Waals surface area contributed by atoms with E-state index in [1.165, 1.54) is 0 Å². The molecule has 2 heterocycles. The molecule has 4 rings (SSSR count). The lowest BCUT2D eigenvalue weighted by Crippen LogP contribution is -2.35. The van der Waals surface area contributed by atoms with Gasteiger partial charge in [0.1, 0.15) is 17.5 Å². The Morgan fingerprint density at radius 1 is 1.17 bits per heavy atom. The zero-order valence-electron chi connectivity index (χ0n) is 12.9. The summed E-state index contributed by atoms with van der Waals surface area (Å²) in [6.45, 7) is 0.391. The molecule has 0 aliphatic carbocycles. The van der Waals surface area contributed by atoms with Gasteiger partial charge in [-0.1, -0.05) is 36.4 Å². The van der Waals surface area contributed by atoms with Gasteiger partial charge in [0.2, 0.25) is 0 Å². The topological polar surface area (TPSA) is 71.2 Å². The Morgan fingerprint density at radius 2 is 1.96 bits per heavy atom. The van der Waals surface area contributed by atoms with Crippen molar-refractivity contribution in [1.29, 1.82) is 0 Å². The first kappa shape index (κ1) is 14.5. The average molecular weight is 320 g/mol. The van der Waals surface area contributed by atoms with Gasteiger partial charge < -0.3 is 15.0 Å². The summed E-state index contributed by atoms with van der Waals surface area (Å²) in [5.41, 5.74) is 1.15. The molecule has 0 bridgehead atoms. The van der Waals surface area contributed by atoms with Gasteiger partial charge in [0, 0.05) is 11.8 Å². The highest BCUT2D eigenvalue weighted by atomic mass is 16.5. The van der Waals surface area contributed by atoms with Crippen molar-refractivity contribution in [2.24, 2.45) is 0 Å². The van der Waals surface area contributed by atoms with E-state index in [4.69, 9.17) is 4.74 Å². The number of H-pyrrole nitrogens is 1. The Labute approximate surface area is 138 Å². The lowest BCUT2D eigenvalue weighted by molar-refractivity contribution is 0.0928. The van der Waals surface area contributed by atoms with Crippen LogP contribution in [0.4, 0.5) is 0 Å². The second-order valence-electron chi connectivity index (χ2n) is 5.86. The molecule has 1 atom stereocenters. The third-order valence-corrected chi connectivity index (χ3v) is 4.20. The number of para-hydroxylation sites is 1. The van der Waals surface area contributed by atoms with E-state index < -0.39 is 0 Å². The summed E-state index contributed by atoms with van der Waals surface area (Å²) in [4.78, 5) is 27.0. The molecular weight excluding hydrogens is 304 g/mol. The fourth-order valence-electron chi connectivity index (χ4n) is 3.00. The zero-order chi connectivity index (χ0) is 16.5. The number of rotatable bonds is 3. The van der Waals surface area contributed by atoms with Gasteiger partial charge in [-0.15, -0.1) is 0 Å². The highest BCUT2D eigenvalue weighted by Crippen LogP contribution is 2.27. The summed E-state index contributed by atoms with van der Waals surface area (Å²) in [6, 6.07) is 16.7. The number of ether oxygens (including phenoxy) is 1. The van der Waals surface area contributed by atoms with E-state index >= 15 is 0 Å². The van der Waals surface area contributed by atoms with Crippen molar-refractivity contribution >= 4 is 16.7 Å². The minimum atomic E-state index is -0.308. The lowest BCUT2D eigenvalue weighted by Gasteiger charge is -2.12.